The standard InChI is InChI=1S/C12H22N4O2S.ClH/c1-8-5-11(6-13)7-16(8)19(17,18)12-9(2)14-15(4)10(12)3;/h8,11H,5-7,13H2,1-4H3;1H. The summed E-state index contributed by atoms with van der Waals surface area (Å²) in [4.78, 5) is 0.347. The predicted molar refractivity (Wildman–Crippen MR) is 80.4 cm³/mol. The average Bonchev–Trinajstić information content (AvgIpc) is 2.81. The Kier molecular flexibility index (Phi) is 5.23. The van der Waals surface area contributed by atoms with Gasteiger partial charge in [-0.15, -0.1) is 12.4 Å². The van der Waals surface area contributed by atoms with Crippen LogP contribution in [0.4, 0.5) is 0 Å². The summed E-state index contributed by atoms with van der Waals surface area (Å²) in [7, 11) is -1.72. The molecule has 0 aliphatic carbocycles. The summed E-state index contributed by atoms with van der Waals surface area (Å²) in [5, 5.41) is 4.20. The molecule has 0 amide bonds. The highest BCUT2D eigenvalue weighted by Crippen LogP contribution is 2.31. The van der Waals surface area contributed by atoms with Crippen molar-refractivity contribution >= 4 is 22.4 Å². The van der Waals surface area contributed by atoms with Crippen LogP contribution in [0.3, 0.4) is 0 Å². The summed E-state index contributed by atoms with van der Waals surface area (Å²) in [5.74, 6) is 0.252. The molecule has 0 bridgehead atoms. The maximum Gasteiger partial charge on any atom is 0.246 e. The SMILES string of the molecule is Cc1nn(C)c(C)c1S(=O)(=O)N1CC(CN)CC1C.Cl. The smallest absolute Gasteiger partial charge is 0.246 e. The van der Waals surface area contributed by atoms with Crippen molar-refractivity contribution in [2.45, 2.75) is 38.1 Å². The Balaban J connectivity index is 0.00000200. The van der Waals surface area contributed by atoms with Crippen molar-refractivity contribution in [1.29, 1.82) is 0 Å². The van der Waals surface area contributed by atoms with E-state index >= 15 is 0 Å². The Bertz CT molecular complexity index is 585. The number of rotatable bonds is 3. The van der Waals surface area contributed by atoms with Gasteiger partial charge in [0, 0.05) is 19.6 Å². The van der Waals surface area contributed by atoms with Crippen LogP contribution in [0.25, 0.3) is 0 Å². The Hall–Kier alpha value is -0.630. The van der Waals surface area contributed by atoms with Crippen LogP contribution in [0.2, 0.25) is 0 Å². The van der Waals surface area contributed by atoms with Crippen molar-refractivity contribution in [3.05, 3.63) is 11.4 Å². The van der Waals surface area contributed by atoms with E-state index < -0.39 is 10.0 Å². The fourth-order valence-electron chi connectivity index (χ4n) is 2.86. The lowest BCUT2D eigenvalue weighted by molar-refractivity contribution is 0.404. The maximum atomic E-state index is 12.8. The lowest BCUT2D eigenvalue weighted by Crippen LogP contribution is -2.35. The number of halogens is 1. The highest BCUT2D eigenvalue weighted by Gasteiger charge is 2.39. The zero-order valence-corrected chi connectivity index (χ0v) is 14.0. The monoisotopic (exact) mass is 322 g/mol. The summed E-state index contributed by atoms with van der Waals surface area (Å²) >= 11 is 0. The first-order valence-corrected chi connectivity index (χ1v) is 7.95. The van der Waals surface area contributed by atoms with Gasteiger partial charge in [-0.2, -0.15) is 9.40 Å². The van der Waals surface area contributed by atoms with E-state index in [9.17, 15) is 8.42 Å². The van der Waals surface area contributed by atoms with Crippen molar-refractivity contribution in [1.82, 2.24) is 14.1 Å². The van der Waals surface area contributed by atoms with Crippen molar-refractivity contribution in [2.75, 3.05) is 13.1 Å². The second-order valence-electron chi connectivity index (χ2n) is 5.38. The molecule has 2 unspecified atom stereocenters. The molecule has 0 radical (unpaired) electrons. The van der Waals surface area contributed by atoms with Crippen LogP contribution < -0.4 is 5.73 Å². The normalized spacial score (nSPS) is 23.9. The number of aryl methyl sites for hydroxylation is 2. The molecule has 1 aromatic heterocycles. The minimum Gasteiger partial charge on any atom is -0.330 e. The minimum absolute atomic E-state index is 0. The van der Waals surface area contributed by atoms with Gasteiger partial charge in [-0.3, -0.25) is 4.68 Å². The fraction of sp³-hybridized carbons (Fsp3) is 0.750. The summed E-state index contributed by atoms with van der Waals surface area (Å²) in [5.41, 5.74) is 6.91. The average molecular weight is 323 g/mol. The Morgan fingerprint density at radius 2 is 2.00 bits per heavy atom. The molecule has 0 spiro atoms. The molecule has 1 fully saturated rings. The van der Waals surface area contributed by atoms with Crippen molar-refractivity contribution in [2.24, 2.45) is 18.7 Å². The van der Waals surface area contributed by atoms with E-state index in [4.69, 9.17) is 5.73 Å². The van der Waals surface area contributed by atoms with E-state index in [2.05, 4.69) is 5.10 Å². The predicted octanol–water partition coefficient (Wildman–Crippen LogP) is 0.817. The molecule has 1 aliphatic heterocycles. The third kappa shape index (κ3) is 2.72. The molecule has 2 atom stereocenters. The van der Waals surface area contributed by atoms with Gasteiger partial charge in [0.1, 0.15) is 4.90 Å². The summed E-state index contributed by atoms with van der Waals surface area (Å²) in [6, 6.07) is -0.00226. The molecule has 1 saturated heterocycles. The molecule has 0 aromatic carbocycles. The zero-order chi connectivity index (χ0) is 14.4. The fourth-order valence-corrected chi connectivity index (χ4v) is 4.98. The Morgan fingerprint density at radius 1 is 1.40 bits per heavy atom. The quantitative estimate of drug-likeness (QED) is 0.893. The lowest BCUT2D eigenvalue weighted by Gasteiger charge is -2.21. The zero-order valence-electron chi connectivity index (χ0n) is 12.3. The highest BCUT2D eigenvalue weighted by molar-refractivity contribution is 7.89. The molecule has 6 nitrogen and oxygen atoms in total. The van der Waals surface area contributed by atoms with Gasteiger partial charge >= 0.3 is 0 Å². The van der Waals surface area contributed by atoms with Gasteiger partial charge in [0.05, 0.1) is 11.4 Å². The topological polar surface area (TPSA) is 81.2 Å². The molecule has 20 heavy (non-hydrogen) atoms. The first-order chi connectivity index (χ1) is 8.78. The summed E-state index contributed by atoms with van der Waals surface area (Å²) in [6.45, 7) is 6.50. The van der Waals surface area contributed by atoms with E-state index in [-0.39, 0.29) is 24.4 Å². The van der Waals surface area contributed by atoms with Gasteiger partial charge in [0.25, 0.3) is 0 Å². The largest absolute Gasteiger partial charge is 0.330 e. The molecule has 1 aromatic rings. The number of aromatic nitrogens is 2. The maximum absolute atomic E-state index is 12.8. The Morgan fingerprint density at radius 3 is 2.40 bits per heavy atom. The first-order valence-electron chi connectivity index (χ1n) is 6.51. The summed E-state index contributed by atoms with van der Waals surface area (Å²) in [6.07, 6.45) is 0.827. The van der Waals surface area contributed by atoms with Crippen LogP contribution in [-0.4, -0.2) is 41.6 Å². The van der Waals surface area contributed by atoms with Crippen LogP contribution in [0.15, 0.2) is 4.90 Å². The number of nitrogens with zero attached hydrogens (tertiary/aromatic N) is 3. The lowest BCUT2D eigenvalue weighted by atomic mass is 10.1. The molecule has 2 heterocycles. The molecular formula is C12H23ClN4O2S. The van der Waals surface area contributed by atoms with Crippen LogP contribution in [0.1, 0.15) is 24.7 Å². The van der Waals surface area contributed by atoms with Gasteiger partial charge in [0.2, 0.25) is 10.0 Å². The minimum atomic E-state index is -3.48. The third-order valence-electron chi connectivity index (χ3n) is 3.95. The van der Waals surface area contributed by atoms with Crippen molar-refractivity contribution in [3.8, 4) is 0 Å². The molecule has 2 N–H and O–H groups in total. The number of sulfonamides is 1. The first kappa shape index (κ1) is 17.4. The second-order valence-corrected chi connectivity index (χ2v) is 7.21. The molecule has 1 aliphatic rings. The van der Waals surface area contributed by atoms with Gasteiger partial charge in [-0.05, 0) is 39.7 Å². The summed E-state index contributed by atoms with van der Waals surface area (Å²) < 4.78 is 28.8. The van der Waals surface area contributed by atoms with Gasteiger partial charge in [-0.1, -0.05) is 0 Å². The van der Waals surface area contributed by atoms with E-state index in [1.807, 2.05) is 6.92 Å². The number of hydrogen-bond acceptors (Lipinski definition) is 4. The van der Waals surface area contributed by atoms with Gasteiger partial charge < -0.3 is 5.73 Å². The Labute approximate surface area is 126 Å². The third-order valence-corrected chi connectivity index (χ3v) is 6.18. The molecule has 116 valence electrons. The van der Waals surface area contributed by atoms with Crippen LogP contribution in [-0.2, 0) is 17.1 Å². The van der Waals surface area contributed by atoms with E-state index in [0.717, 1.165) is 6.42 Å². The molecule has 0 saturated carbocycles. The van der Waals surface area contributed by atoms with E-state index in [1.165, 1.54) is 0 Å². The van der Waals surface area contributed by atoms with E-state index in [1.54, 1.807) is 29.9 Å². The van der Waals surface area contributed by atoms with Crippen LogP contribution >= 0.6 is 12.4 Å². The number of hydrogen-bond donors (Lipinski definition) is 1. The molecule has 2 rings (SSSR count). The van der Waals surface area contributed by atoms with Gasteiger partial charge in [0.15, 0.2) is 0 Å². The van der Waals surface area contributed by atoms with Gasteiger partial charge in [-0.25, -0.2) is 8.42 Å². The second kappa shape index (κ2) is 6.01. The van der Waals surface area contributed by atoms with E-state index in [0.29, 0.717) is 29.4 Å². The molecular weight excluding hydrogens is 300 g/mol. The van der Waals surface area contributed by atoms with Crippen molar-refractivity contribution < 1.29 is 8.42 Å². The number of nitrogens with two attached hydrogens (primary N) is 1. The van der Waals surface area contributed by atoms with Crippen LogP contribution in [0.5, 0.6) is 0 Å². The molecule has 8 heteroatoms. The highest BCUT2D eigenvalue weighted by atomic mass is 35.5. The van der Waals surface area contributed by atoms with Crippen LogP contribution in [0, 0.1) is 19.8 Å². The van der Waals surface area contributed by atoms with Crippen molar-refractivity contribution in [3.63, 3.8) is 0 Å².